The van der Waals surface area contributed by atoms with E-state index in [-0.39, 0.29) is 0 Å². The normalized spacial score (nSPS) is 10.4. The van der Waals surface area contributed by atoms with Gasteiger partial charge in [-0.05, 0) is 42.3 Å². The summed E-state index contributed by atoms with van der Waals surface area (Å²) in [5, 5.41) is 7.27. The van der Waals surface area contributed by atoms with E-state index in [1.54, 1.807) is 14.2 Å². The largest absolute Gasteiger partial charge is 0.493 e. The summed E-state index contributed by atoms with van der Waals surface area (Å²) in [7, 11) is 3.24. The molecule has 0 aliphatic carbocycles. The van der Waals surface area contributed by atoms with Crippen molar-refractivity contribution in [2.24, 2.45) is 0 Å². The zero-order valence-electron chi connectivity index (χ0n) is 15.4. The highest BCUT2D eigenvalue weighted by Crippen LogP contribution is 2.28. The number of rotatable bonds is 7. The van der Waals surface area contributed by atoms with Crippen LogP contribution in [-0.4, -0.2) is 24.2 Å². The molecule has 0 bridgehead atoms. The average molecular weight is 385 g/mol. The highest BCUT2D eigenvalue weighted by molar-refractivity contribution is 6.31. The van der Waals surface area contributed by atoms with Crippen molar-refractivity contribution >= 4 is 28.9 Å². The number of halogens is 1. The molecule has 140 valence electrons. The third-order valence-corrected chi connectivity index (χ3v) is 4.53. The Hall–Kier alpha value is -2.99. The van der Waals surface area contributed by atoms with E-state index >= 15 is 0 Å². The highest BCUT2D eigenvalue weighted by atomic mass is 35.5. The maximum Gasteiger partial charge on any atom is 0.161 e. The minimum atomic E-state index is 0.590. The maximum absolute atomic E-state index is 6.17. The minimum Gasteiger partial charge on any atom is -0.493 e. The summed E-state index contributed by atoms with van der Waals surface area (Å²) < 4.78 is 10.6. The molecule has 0 aliphatic heterocycles. The first-order valence-electron chi connectivity index (χ1n) is 8.39. The number of nitrogens with zero attached hydrogens (tertiary/aromatic N) is 2. The molecule has 3 rings (SSSR count). The summed E-state index contributed by atoms with van der Waals surface area (Å²) in [6.07, 6.45) is 1.51. The van der Waals surface area contributed by atoms with Gasteiger partial charge in [0, 0.05) is 23.3 Å². The molecule has 27 heavy (non-hydrogen) atoms. The Bertz CT molecular complexity index is 934. The monoisotopic (exact) mass is 384 g/mol. The van der Waals surface area contributed by atoms with Gasteiger partial charge in [0.15, 0.2) is 11.5 Å². The van der Waals surface area contributed by atoms with Crippen molar-refractivity contribution in [2.45, 2.75) is 13.5 Å². The molecule has 0 saturated heterocycles. The van der Waals surface area contributed by atoms with Crippen molar-refractivity contribution in [3.63, 3.8) is 0 Å². The second kappa shape index (κ2) is 8.60. The Morgan fingerprint density at radius 3 is 2.52 bits per heavy atom. The fraction of sp³-hybridized carbons (Fsp3) is 0.200. The van der Waals surface area contributed by atoms with Crippen LogP contribution in [0.25, 0.3) is 0 Å². The smallest absolute Gasteiger partial charge is 0.161 e. The molecule has 0 fully saturated rings. The molecule has 1 aromatic heterocycles. The predicted octanol–water partition coefficient (Wildman–Crippen LogP) is 4.81. The fourth-order valence-electron chi connectivity index (χ4n) is 2.59. The summed E-state index contributed by atoms with van der Waals surface area (Å²) in [6.45, 7) is 2.55. The number of hydrogen-bond acceptors (Lipinski definition) is 6. The molecular formula is C20H21ClN4O2. The molecule has 6 nitrogen and oxygen atoms in total. The van der Waals surface area contributed by atoms with Gasteiger partial charge in [0.25, 0.3) is 0 Å². The Kier molecular flexibility index (Phi) is 5.98. The van der Waals surface area contributed by atoms with E-state index in [0.29, 0.717) is 34.7 Å². The van der Waals surface area contributed by atoms with Crippen LogP contribution < -0.4 is 20.1 Å². The lowest BCUT2D eigenvalue weighted by Crippen LogP contribution is -2.04. The molecule has 0 aliphatic rings. The number of nitrogens with one attached hydrogen (secondary N) is 2. The molecule has 7 heteroatoms. The molecule has 0 saturated carbocycles. The second-order valence-electron chi connectivity index (χ2n) is 5.87. The quantitative estimate of drug-likeness (QED) is 0.609. The number of hydrogen-bond donors (Lipinski definition) is 2. The number of aromatic nitrogens is 2. The first kappa shape index (κ1) is 18.8. The molecular weight excluding hydrogens is 364 g/mol. The highest BCUT2D eigenvalue weighted by Gasteiger charge is 2.06. The maximum atomic E-state index is 6.17. The lowest BCUT2D eigenvalue weighted by molar-refractivity contribution is 0.354. The van der Waals surface area contributed by atoms with Gasteiger partial charge in [-0.3, -0.25) is 0 Å². The van der Waals surface area contributed by atoms with E-state index in [1.165, 1.54) is 6.33 Å². The minimum absolute atomic E-state index is 0.590. The molecule has 0 atom stereocenters. The van der Waals surface area contributed by atoms with Crippen LogP contribution >= 0.6 is 11.6 Å². The zero-order chi connectivity index (χ0) is 19.2. The molecule has 0 radical (unpaired) electrons. The van der Waals surface area contributed by atoms with Gasteiger partial charge < -0.3 is 20.1 Å². The molecule has 0 spiro atoms. The van der Waals surface area contributed by atoms with Crippen molar-refractivity contribution in [3.8, 4) is 11.5 Å². The van der Waals surface area contributed by atoms with Gasteiger partial charge in [0.2, 0.25) is 0 Å². The Morgan fingerprint density at radius 1 is 0.963 bits per heavy atom. The molecule has 3 aromatic rings. The Balaban J connectivity index is 1.70. The van der Waals surface area contributed by atoms with Crippen LogP contribution in [-0.2, 0) is 6.54 Å². The van der Waals surface area contributed by atoms with Crippen LogP contribution in [0.15, 0.2) is 48.8 Å². The van der Waals surface area contributed by atoms with Gasteiger partial charge in [-0.2, -0.15) is 0 Å². The van der Waals surface area contributed by atoms with E-state index in [4.69, 9.17) is 21.1 Å². The Morgan fingerprint density at radius 2 is 1.74 bits per heavy atom. The fourth-order valence-corrected chi connectivity index (χ4v) is 2.76. The van der Waals surface area contributed by atoms with Crippen LogP contribution in [0, 0.1) is 6.92 Å². The molecule has 1 heterocycles. The first-order chi connectivity index (χ1) is 13.1. The van der Waals surface area contributed by atoms with Crippen LogP contribution in [0.5, 0.6) is 11.5 Å². The van der Waals surface area contributed by atoms with Crippen molar-refractivity contribution in [1.82, 2.24) is 9.97 Å². The van der Waals surface area contributed by atoms with Crippen molar-refractivity contribution in [3.05, 3.63) is 64.9 Å². The summed E-state index contributed by atoms with van der Waals surface area (Å²) >= 11 is 6.17. The predicted molar refractivity (Wildman–Crippen MR) is 108 cm³/mol. The summed E-state index contributed by atoms with van der Waals surface area (Å²) in [5.74, 6) is 2.79. The average Bonchev–Trinajstić information content (AvgIpc) is 2.70. The second-order valence-corrected chi connectivity index (χ2v) is 6.28. The molecule has 0 unspecified atom stereocenters. The molecule has 0 amide bonds. The van der Waals surface area contributed by atoms with Crippen LogP contribution in [0.1, 0.15) is 11.1 Å². The van der Waals surface area contributed by atoms with Crippen molar-refractivity contribution in [1.29, 1.82) is 0 Å². The summed E-state index contributed by atoms with van der Waals surface area (Å²) in [6, 6.07) is 13.4. The van der Waals surface area contributed by atoms with Crippen molar-refractivity contribution < 1.29 is 9.47 Å². The van der Waals surface area contributed by atoms with Gasteiger partial charge in [-0.1, -0.05) is 23.7 Å². The van der Waals surface area contributed by atoms with Gasteiger partial charge in [0.05, 0.1) is 14.2 Å². The van der Waals surface area contributed by atoms with Crippen molar-refractivity contribution in [2.75, 3.05) is 24.9 Å². The first-order valence-corrected chi connectivity index (χ1v) is 8.77. The number of anilines is 3. The zero-order valence-corrected chi connectivity index (χ0v) is 16.2. The van der Waals surface area contributed by atoms with E-state index in [1.807, 2.05) is 49.4 Å². The van der Waals surface area contributed by atoms with Gasteiger partial charge >= 0.3 is 0 Å². The van der Waals surface area contributed by atoms with Crippen LogP contribution in [0.2, 0.25) is 5.02 Å². The molecule has 2 N–H and O–H groups in total. The summed E-state index contributed by atoms with van der Waals surface area (Å²) in [4.78, 5) is 8.54. The topological polar surface area (TPSA) is 68.3 Å². The number of ether oxygens (including phenoxy) is 2. The lowest BCUT2D eigenvalue weighted by Gasteiger charge is -2.12. The van der Waals surface area contributed by atoms with E-state index < -0.39 is 0 Å². The standard InChI is InChI=1S/C20H21ClN4O2/c1-13-15(21)5-4-6-16(13)25-20-10-19(23-12-24-20)22-11-14-7-8-17(26-2)18(9-14)27-3/h4-10,12H,11H2,1-3H3,(H2,22,23,24,25). The lowest BCUT2D eigenvalue weighted by atomic mass is 10.2. The SMILES string of the molecule is COc1ccc(CNc2cc(Nc3cccc(Cl)c3C)ncn2)cc1OC. The van der Waals surface area contributed by atoms with Crippen LogP contribution in [0.4, 0.5) is 17.3 Å². The molecule has 2 aromatic carbocycles. The van der Waals surface area contributed by atoms with E-state index in [2.05, 4.69) is 20.6 Å². The summed E-state index contributed by atoms with van der Waals surface area (Å²) in [5.41, 5.74) is 2.93. The third kappa shape index (κ3) is 4.60. The number of methoxy groups -OCH3 is 2. The van der Waals surface area contributed by atoms with E-state index in [0.717, 1.165) is 16.8 Å². The van der Waals surface area contributed by atoms with Gasteiger partial charge in [-0.15, -0.1) is 0 Å². The van der Waals surface area contributed by atoms with E-state index in [9.17, 15) is 0 Å². The number of benzene rings is 2. The third-order valence-electron chi connectivity index (χ3n) is 4.12. The Labute approximate surface area is 163 Å². The van der Waals surface area contributed by atoms with Gasteiger partial charge in [-0.25, -0.2) is 9.97 Å². The van der Waals surface area contributed by atoms with Gasteiger partial charge in [0.1, 0.15) is 18.0 Å². The van der Waals surface area contributed by atoms with Crippen LogP contribution in [0.3, 0.4) is 0 Å².